The fourth-order valence-corrected chi connectivity index (χ4v) is 3.09. The van der Waals surface area contributed by atoms with Crippen molar-refractivity contribution in [2.45, 2.75) is 32.7 Å². The van der Waals surface area contributed by atoms with Gasteiger partial charge in [0, 0.05) is 16.2 Å². The summed E-state index contributed by atoms with van der Waals surface area (Å²) >= 11 is 3.17. The molecule has 1 fully saturated rings. The summed E-state index contributed by atoms with van der Waals surface area (Å²) in [5, 5.41) is 14.7. The van der Waals surface area contributed by atoms with Crippen molar-refractivity contribution in [1.29, 1.82) is 0 Å². The Labute approximate surface area is 132 Å². The molecular formula is C15H19BrN2O3. The van der Waals surface area contributed by atoms with E-state index in [2.05, 4.69) is 40.4 Å². The van der Waals surface area contributed by atoms with E-state index in [9.17, 15) is 9.59 Å². The SMILES string of the molecule is CC1CCC(NC(=O)Nc2ccc(Br)c(C(=O)O)c2)C1C. The first-order valence-corrected chi connectivity index (χ1v) is 7.78. The minimum absolute atomic E-state index is 0.121. The van der Waals surface area contributed by atoms with Gasteiger partial charge in [0.15, 0.2) is 0 Å². The zero-order chi connectivity index (χ0) is 15.6. The van der Waals surface area contributed by atoms with Crippen LogP contribution in [0.5, 0.6) is 0 Å². The van der Waals surface area contributed by atoms with Crippen LogP contribution in [0.4, 0.5) is 10.5 Å². The van der Waals surface area contributed by atoms with Gasteiger partial charge < -0.3 is 15.7 Å². The fourth-order valence-electron chi connectivity index (χ4n) is 2.67. The van der Waals surface area contributed by atoms with Crippen LogP contribution >= 0.6 is 15.9 Å². The van der Waals surface area contributed by atoms with Crippen molar-refractivity contribution in [1.82, 2.24) is 5.32 Å². The van der Waals surface area contributed by atoms with Gasteiger partial charge in [-0.1, -0.05) is 13.8 Å². The topological polar surface area (TPSA) is 78.4 Å². The molecule has 3 atom stereocenters. The van der Waals surface area contributed by atoms with Gasteiger partial charge in [-0.05, 0) is 58.8 Å². The molecule has 1 aliphatic rings. The maximum Gasteiger partial charge on any atom is 0.336 e. The molecule has 5 nitrogen and oxygen atoms in total. The Morgan fingerprint density at radius 1 is 1.29 bits per heavy atom. The first kappa shape index (κ1) is 15.8. The van der Waals surface area contributed by atoms with Crippen LogP contribution in [-0.4, -0.2) is 23.1 Å². The van der Waals surface area contributed by atoms with Crippen LogP contribution in [0.1, 0.15) is 37.0 Å². The molecule has 1 aliphatic carbocycles. The summed E-state index contributed by atoms with van der Waals surface area (Å²) in [5.41, 5.74) is 0.586. The second-order valence-corrected chi connectivity index (χ2v) is 6.47. The third-order valence-corrected chi connectivity index (χ3v) is 4.93. The molecule has 1 aromatic rings. The number of rotatable bonds is 3. The summed E-state index contributed by atoms with van der Waals surface area (Å²) < 4.78 is 0.485. The molecule has 2 amide bonds. The van der Waals surface area contributed by atoms with E-state index in [1.54, 1.807) is 12.1 Å². The highest BCUT2D eigenvalue weighted by Crippen LogP contribution is 2.31. The van der Waals surface area contributed by atoms with Crippen LogP contribution < -0.4 is 10.6 Å². The summed E-state index contributed by atoms with van der Waals surface area (Å²) in [7, 11) is 0. The quantitative estimate of drug-likeness (QED) is 0.774. The summed E-state index contributed by atoms with van der Waals surface area (Å²) in [6, 6.07) is 4.59. The summed E-state index contributed by atoms with van der Waals surface area (Å²) in [5.74, 6) is 0.0287. The van der Waals surface area contributed by atoms with E-state index in [0.29, 0.717) is 22.0 Å². The van der Waals surface area contributed by atoms with Crippen molar-refractivity contribution in [3.05, 3.63) is 28.2 Å². The smallest absolute Gasteiger partial charge is 0.336 e. The molecule has 3 N–H and O–H groups in total. The second kappa shape index (κ2) is 6.47. The van der Waals surface area contributed by atoms with E-state index < -0.39 is 5.97 Å². The van der Waals surface area contributed by atoms with Crippen molar-refractivity contribution in [2.24, 2.45) is 11.8 Å². The molecule has 0 radical (unpaired) electrons. The summed E-state index contributed by atoms with van der Waals surface area (Å²) in [6.45, 7) is 4.34. The molecule has 0 bridgehead atoms. The molecule has 2 rings (SSSR count). The van der Waals surface area contributed by atoms with Gasteiger partial charge in [-0.15, -0.1) is 0 Å². The molecule has 0 spiro atoms. The summed E-state index contributed by atoms with van der Waals surface area (Å²) in [4.78, 5) is 23.1. The van der Waals surface area contributed by atoms with Crippen molar-refractivity contribution in [3.8, 4) is 0 Å². The lowest BCUT2D eigenvalue weighted by molar-refractivity contribution is 0.0696. The number of carbonyl (C=O) groups excluding carboxylic acids is 1. The fraction of sp³-hybridized carbons (Fsp3) is 0.467. The van der Waals surface area contributed by atoms with Crippen molar-refractivity contribution in [3.63, 3.8) is 0 Å². The number of hydrogen-bond acceptors (Lipinski definition) is 2. The number of benzene rings is 1. The van der Waals surface area contributed by atoms with Crippen molar-refractivity contribution >= 4 is 33.6 Å². The molecule has 6 heteroatoms. The molecule has 0 aliphatic heterocycles. The number of halogens is 1. The molecule has 0 saturated heterocycles. The normalized spacial score (nSPS) is 24.6. The standard InChI is InChI=1S/C15H19BrN2O3/c1-8-3-6-13(9(8)2)18-15(21)17-10-4-5-12(16)11(7-10)14(19)20/h4-5,7-9,13H,3,6H2,1-2H3,(H,19,20)(H2,17,18,21). The number of carbonyl (C=O) groups is 2. The molecule has 114 valence electrons. The van der Waals surface area contributed by atoms with Crippen LogP contribution in [0, 0.1) is 11.8 Å². The first-order valence-electron chi connectivity index (χ1n) is 6.99. The molecule has 1 aromatic carbocycles. The van der Waals surface area contributed by atoms with Crippen molar-refractivity contribution in [2.75, 3.05) is 5.32 Å². The van der Waals surface area contributed by atoms with Gasteiger partial charge in [0.25, 0.3) is 0 Å². The van der Waals surface area contributed by atoms with E-state index in [1.165, 1.54) is 6.07 Å². The van der Waals surface area contributed by atoms with Gasteiger partial charge in [-0.3, -0.25) is 0 Å². The highest BCUT2D eigenvalue weighted by molar-refractivity contribution is 9.10. The second-order valence-electron chi connectivity index (χ2n) is 5.62. The number of urea groups is 1. The zero-order valence-corrected chi connectivity index (χ0v) is 13.6. The van der Waals surface area contributed by atoms with E-state index >= 15 is 0 Å². The Morgan fingerprint density at radius 3 is 2.57 bits per heavy atom. The first-order chi connectivity index (χ1) is 9.88. The number of aromatic carboxylic acids is 1. The predicted octanol–water partition coefficient (Wildman–Crippen LogP) is 3.70. The highest BCUT2D eigenvalue weighted by atomic mass is 79.9. The Morgan fingerprint density at radius 2 is 2.00 bits per heavy atom. The molecule has 0 aromatic heterocycles. The minimum Gasteiger partial charge on any atom is -0.478 e. The predicted molar refractivity (Wildman–Crippen MR) is 84.6 cm³/mol. The summed E-state index contributed by atoms with van der Waals surface area (Å²) in [6.07, 6.45) is 2.10. The zero-order valence-electron chi connectivity index (χ0n) is 12.0. The number of carboxylic acid groups (broad SMARTS) is 1. The van der Waals surface area contributed by atoms with E-state index in [1.807, 2.05) is 0 Å². The Balaban J connectivity index is 2.00. The van der Waals surface area contributed by atoms with Gasteiger partial charge >= 0.3 is 12.0 Å². The van der Waals surface area contributed by atoms with Crippen LogP contribution in [0.25, 0.3) is 0 Å². The largest absolute Gasteiger partial charge is 0.478 e. The lowest BCUT2D eigenvalue weighted by Crippen LogP contribution is -2.40. The third kappa shape index (κ3) is 3.75. The van der Waals surface area contributed by atoms with Gasteiger partial charge in [0.1, 0.15) is 0 Å². The van der Waals surface area contributed by atoms with E-state index in [-0.39, 0.29) is 17.6 Å². The van der Waals surface area contributed by atoms with Crippen LogP contribution in [-0.2, 0) is 0 Å². The Kier molecular flexibility index (Phi) is 4.88. The molecule has 3 unspecified atom stereocenters. The van der Waals surface area contributed by atoms with Crippen LogP contribution in [0.2, 0.25) is 0 Å². The average Bonchev–Trinajstić information content (AvgIpc) is 2.72. The monoisotopic (exact) mass is 354 g/mol. The number of nitrogens with one attached hydrogen (secondary N) is 2. The van der Waals surface area contributed by atoms with E-state index in [0.717, 1.165) is 12.8 Å². The number of carboxylic acids is 1. The molecule has 0 heterocycles. The van der Waals surface area contributed by atoms with Gasteiger partial charge in [-0.2, -0.15) is 0 Å². The molecule has 21 heavy (non-hydrogen) atoms. The van der Waals surface area contributed by atoms with Gasteiger partial charge in [0.05, 0.1) is 5.56 Å². The van der Waals surface area contributed by atoms with Crippen LogP contribution in [0.15, 0.2) is 22.7 Å². The van der Waals surface area contributed by atoms with E-state index in [4.69, 9.17) is 5.11 Å². The highest BCUT2D eigenvalue weighted by Gasteiger charge is 2.30. The maximum atomic E-state index is 12.0. The lowest BCUT2D eigenvalue weighted by atomic mass is 9.98. The Hall–Kier alpha value is -1.56. The number of amides is 2. The molecular weight excluding hydrogens is 336 g/mol. The number of hydrogen-bond donors (Lipinski definition) is 3. The molecule has 1 saturated carbocycles. The minimum atomic E-state index is -1.04. The Bertz CT molecular complexity index is 562. The lowest BCUT2D eigenvalue weighted by Gasteiger charge is -2.20. The van der Waals surface area contributed by atoms with Gasteiger partial charge in [0.2, 0.25) is 0 Å². The maximum absolute atomic E-state index is 12.0. The third-order valence-electron chi connectivity index (χ3n) is 4.24. The van der Waals surface area contributed by atoms with Crippen LogP contribution in [0.3, 0.4) is 0 Å². The number of anilines is 1. The van der Waals surface area contributed by atoms with Gasteiger partial charge in [-0.25, -0.2) is 9.59 Å². The van der Waals surface area contributed by atoms with Crippen molar-refractivity contribution < 1.29 is 14.7 Å². The average molecular weight is 355 g/mol.